The van der Waals surface area contributed by atoms with Crippen LogP contribution in [0.2, 0.25) is 0 Å². The SMILES string of the molecule is c1ccc2c(N3CCC4(CCN4)C3)cc(-c3ccc(N4CCNCC4)nc3)nc2c1. The molecule has 30 heavy (non-hydrogen) atoms. The van der Waals surface area contributed by atoms with E-state index in [1.165, 1.54) is 23.9 Å². The van der Waals surface area contributed by atoms with E-state index in [-0.39, 0.29) is 0 Å². The smallest absolute Gasteiger partial charge is 0.128 e. The first kappa shape index (κ1) is 18.1. The summed E-state index contributed by atoms with van der Waals surface area (Å²) in [6.45, 7) is 7.39. The Morgan fingerprint density at radius 3 is 2.50 bits per heavy atom. The standard InChI is InChI=1S/C24H28N6/c1-2-4-20-19(3-1)22(30-12-8-24(17-30)7-9-27-24)15-21(28-20)18-5-6-23(26-16-18)29-13-10-25-11-14-29/h1-6,15-16,25,27H,7-14,17H2. The number of anilines is 2. The fraction of sp³-hybridized carbons (Fsp3) is 0.417. The first-order chi connectivity index (χ1) is 14.8. The van der Waals surface area contributed by atoms with Crippen LogP contribution in [0.15, 0.2) is 48.7 Å². The molecule has 3 fully saturated rings. The zero-order valence-electron chi connectivity index (χ0n) is 17.3. The summed E-state index contributed by atoms with van der Waals surface area (Å²) >= 11 is 0. The van der Waals surface area contributed by atoms with E-state index in [9.17, 15) is 0 Å². The van der Waals surface area contributed by atoms with Gasteiger partial charge in [0.1, 0.15) is 5.82 Å². The predicted octanol–water partition coefficient (Wildman–Crippen LogP) is 2.65. The Kier molecular flexibility index (Phi) is 4.35. The highest BCUT2D eigenvalue weighted by Gasteiger charge is 2.42. The molecule has 3 aliphatic rings. The maximum absolute atomic E-state index is 4.98. The lowest BCUT2D eigenvalue weighted by molar-refractivity contribution is 0.235. The van der Waals surface area contributed by atoms with E-state index in [1.54, 1.807) is 0 Å². The van der Waals surface area contributed by atoms with Crippen LogP contribution in [0.1, 0.15) is 12.8 Å². The average Bonchev–Trinajstić information content (AvgIpc) is 3.26. The Labute approximate surface area is 177 Å². The van der Waals surface area contributed by atoms with E-state index in [0.717, 1.165) is 68.4 Å². The number of hydrogen-bond donors (Lipinski definition) is 2. The number of pyridine rings is 2. The van der Waals surface area contributed by atoms with Crippen molar-refractivity contribution < 1.29 is 0 Å². The number of aromatic nitrogens is 2. The zero-order valence-corrected chi connectivity index (χ0v) is 17.3. The van der Waals surface area contributed by atoms with E-state index < -0.39 is 0 Å². The molecule has 3 saturated heterocycles. The van der Waals surface area contributed by atoms with E-state index in [2.05, 4.69) is 62.9 Å². The fourth-order valence-corrected chi connectivity index (χ4v) is 5.09. The second-order valence-electron chi connectivity index (χ2n) is 8.81. The first-order valence-corrected chi connectivity index (χ1v) is 11.1. The molecule has 0 aliphatic carbocycles. The normalized spacial score (nSPS) is 23.9. The Balaban J connectivity index is 1.35. The fourth-order valence-electron chi connectivity index (χ4n) is 5.09. The predicted molar refractivity (Wildman–Crippen MR) is 122 cm³/mol. The van der Waals surface area contributed by atoms with Gasteiger partial charge in [0.25, 0.3) is 0 Å². The number of nitrogens with zero attached hydrogens (tertiary/aromatic N) is 4. The maximum atomic E-state index is 4.98. The van der Waals surface area contributed by atoms with Crippen LogP contribution >= 0.6 is 0 Å². The highest BCUT2D eigenvalue weighted by atomic mass is 15.2. The molecule has 6 heteroatoms. The molecule has 1 atom stereocenters. The van der Waals surface area contributed by atoms with Crippen molar-refractivity contribution in [2.45, 2.75) is 18.4 Å². The van der Waals surface area contributed by atoms with Crippen LogP contribution in [0.25, 0.3) is 22.2 Å². The maximum Gasteiger partial charge on any atom is 0.128 e. The summed E-state index contributed by atoms with van der Waals surface area (Å²) < 4.78 is 0. The molecule has 6 nitrogen and oxygen atoms in total. The second-order valence-corrected chi connectivity index (χ2v) is 8.81. The Morgan fingerprint density at radius 1 is 0.900 bits per heavy atom. The lowest BCUT2D eigenvalue weighted by Gasteiger charge is -2.40. The zero-order chi connectivity index (χ0) is 20.0. The number of benzene rings is 1. The van der Waals surface area contributed by atoms with Crippen LogP contribution in [0.5, 0.6) is 0 Å². The van der Waals surface area contributed by atoms with Gasteiger partial charge in [0.15, 0.2) is 0 Å². The van der Waals surface area contributed by atoms with Crippen molar-refractivity contribution >= 4 is 22.4 Å². The topological polar surface area (TPSA) is 56.3 Å². The van der Waals surface area contributed by atoms with Crippen molar-refractivity contribution in [2.75, 3.05) is 55.6 Å². The van der Waals surface area contributed by atoms with Gasteiger partial charge in [0, 0.05) is 67.6 Å². The van der Waals surface area contributed by atoms with Crippen LogP contribution in [0.4, 0.5) is 11.5 Å². The molecule has 154 valence electrons. The van der Waals surface area contributed by atoms with Crippen LogP contribution in [-0.4, -0.2) is 61.3 Å². The van der Waals surface area contributed by atoms with Gasteiger partial charge < -0.3 is 20.4 Å². The molecule has 1 unspecified atom stereocenters. The largest absolute Gasteiger partial charge is 0.369 e. The van der Waals surface area contributed by atoms with Crippen molar-refractivity contribution in [3.63, 3.8) is 0 Å². The van der Waals surface area contributed by atoms with E-state index in [0.29, 0.717) is 5.54 Å². The molecule has 0 saturated carbocycles. The summed E-state index contributed by atoms with van der Waals surface area (Å²) in [6, 6.07) is 15.1. The highest BCUT2D eigenvalue weighted by molar-refractivity contribution is 5.94. The molecule has 1 spiro atoms. The summed E-state index contributed by atoms with van der Waals surface area (Å²) in [7, 11) is 0. The second kappa shape index (κ2) is 7.22. The Bertz CT molecular complexity index is 1050. The molecule has 0 bridgehead atoms. The van der Waals surface area contributed by atoms with E-state index in [1.807, 2.05) is 6.20 Å². The summed E-state index contributed by atoms with van der Waals surface area (Å²) in [4.78, 5) is 14.6. The Morgan fingerprint density at radius 2 is 1.77 bits per heavy atom. The molecule has 1 aromatic carbocycles. The summed E-state index contributed by atoms with van der Waals surface area (Å²) in [5, 5.41) is 8.31. The number of nitrogens with one attached hydrogen (secondary N) is 2. The van der Waals surface area contributed by atoms with Crippen molar-refractivity contribution in [1.82, 2.24) is 20.6 Å². The van der Waals surface area contributed by atoms with Gasteiger partial charge in [-0.3, -0.25) is 0 Å². The molecule has 0 amide bonds. The third-order valence-electron chi connectivity index (χ3n) is 6.98. The van der Waals surface area contributed by atoms with Gasteiger partial charge in [-0.25, -0.2) is 9.97 Å². The summed E-state index contributed by atoms with van der Waals surface area (Å²) in [5.74, 6) is 1.05. The molecule has 6 rings (SSSR count). The van der Waals surface area contributed by atoms with Gasteiger partial charge in [0.05, 0.1) is 11.2 Å². The van der Waals surface area contributed by atoms with Crippen molar-refractivity contribution in [2.24, 2.45) is 0 Å². The number of piperazine rings is 1. The first-order valence-electron chi connectivity index (χ1n) is 11.1. The van der Waals surface area contributed by atoms with Gasteiger partial charge in [-0.05, 0) is 43.7 Å². The third-order valence-corrected chi connectivity index (χ3v) is 6.98. The highest BCUT2D eigenvalue weighted by Crippen LogP contribution is 2.37. The molecular weight excluding hydrogens is 372 g/mol. The minimum absolute atomic E-state index is 0.330. The van der Waals surface area contributed by atoms with Gasteiger partial charge >= 0.3 is 0 Å². The van der Waals surface area contributed by atoms with Gasteiger partial charge in [-0.15, -0.1) is 0 Å². The van der Waals surface area contributed by atoms with Crippen LogP contribution in [0, 0.1) is 0 Å². The molecule has 3 aliphatic heterocycles. The van der Waals surface area contributed by atoms with Crippen LogP contribution in [0.3, 0.4) is 0 Å². The summed E-state index contributed by atoms with van der Waals surface area (Å²) in [6.07, 6.45) is 4.49. The lowest BCUT2D eigenvalue weighted by Crippen LogP contribution is -2.58. The number of rotatable bonds is 3. The van der Waals surface area contributed by atoms with E-state index >= 15 is 0 Å². The molecule has 3 aromatic rings. The van der Waals surface area contributed by atoms with Gasteiger partial charge in [0.2, 0.25) is 0 Å². The number of para-hydroxylation sites is 1. The molecule has 2 aromatic heterocycles. The molecule has 0 radical (unpaired) electrons. The van der Waals surface area contributed by atoms with E-state index in [4.69, 9.17) is 9.97 Å². The minimum atomic E-state index is 0.330. The number of hydrogen-bond acceptors (Lipinski definition) is 6. The molecular formula is C24H28N6. The Hall–Kier alpha value is -2.70. The lowest BCUT2D eigenvalue weighted by atomic mass is 9.87. The van der Waals surface area contributed by atoms with Crippen LogP contribution < -0.4 is 20.4 Å². The monoisotopic (exact) mass is 400 g/mol. The molecule has 2 N–H and O–H groups in total. The minimum Gasteiger partial charge on any atom is -0.369 e. The summed E-state index contributed by atoms with van der Waals surface area (Å²) in [5.41, 5.74) is 4.77. The van der Waals surface area contributed by atoms with Gasteiger partial charge in [-0.1, -0.05) is 18.2 Å². The van der Waals surface area contributed by atoms with Crippen LogP contribution in [-0.2, 0) is 0 Å². The average molecular weight is 401 g/mol. The van der Waals surface area contributed by atoms with Crippen molar-refractivity contribution in [3.05, 3.63) is 48.7 Å². The number of fused-ring (bicyclic) bond motifs is 1. The molecule has 5 heterocycles. The van der Waals surface area contributed by atoms with Crippen molar-refractivity contribution in [1.29, 1.82) is 0 Å². The van der Waals surface area contributed by atoms with Crippen molar-refractivity contribution in [3.8, 4) is 11.3 Å². The van der Waals surface area contributed by atoms with Gasteiger partial charge in [-0.2, -0.15) is 0 Å². The third kappa shape index (κ3) is 3.11. The quantitative estimate of drug-likeness (QED) is 0.705.